The topological polar surface area (TPSA) is 40.6 Å². The van der Waals surface area contributed by atoms with Gasteiger partial charge >= 0.3 is 0 Å². The molecule has 1 aliphatic rings. The van der Waals surface area contributed by atoms with E-state index < -0.39 is 10.0 Å². The minimum atomic E-state index is -3.10. The second-order valence-electron chi connectivity index (χ2n) is 4.56. The van der Waals surface area contributed by atoms with Crippen LogP contribution in [0.1, 0.15) is 5.56 Å². The lowest BCUT2D eigenvalue weighted by atomic mass is 10.1. The summed E-state index contributed by atoms with van der Waals surface area (Å²) in [7, 11) is -3.10. The highest BCUT2D eigenvalue weighted by Crippen LogP contribution is 2.27. The summed E-state index contributed by atoms with van der Waals surface area (Å²) in [5.74, 6) is 0.415. The minimum absolute atomic E-state index is 0.415. The van der Waals surface area contributed by atoms with Gasteiger partial charge in [0.15, 0.2) is 0 Å². The molecule has 0 bridgehead atoms. The molecule has 1 aromatic rings. The van der Waals surface area contributed by atoms with Crippen LogP contribution in [0.3, 0.4) is 0 Å². The molecule has 0 saturated carbocycles. The van der Waals surface area contributed by atoms with E-state index in [1.807, 2.05) is 18.2 Å². The minimum Gasteiger partial charge on any atom is -0.369 e. The molecule has 4 nitrogen and oxygen atoms in total. The van der Waals surface area contributed by atoms with Crippen LogP contribution < -0.4 is 4.90 Å². The smallest absolute Gasteiger partial charge is 0.211 e. The molecule has 1 aliphatic heterocycles. The number of nitrogens with zero attached hydrogens (tertiary/aromatic N) is 2. The summed E-state index contributed by atoms with van der Waals surface area (Å²) in [6.07, 6.45) is 1.24. The first kappa shape index (κ1) is 14.9. The summed E-state index contributed by atoms with van der Waals surface area (Å²) in [5, 5.41) is 0.661. The first-order chi connectivity index (χ1) is 8.91. The van der Waals surface area contributed by atoms with Gasteiger partial charge in [-0.3, -0.25) is 0 Å². The lowest BCUT2D eigenvalue weighted by Crippen LogP contribution is -2.48. The van der Waals surface area contributed by atoms with Gasteiger partial charge in [0.25, 0.3) is 0 Å². The largest absolute Gasteiger partial charge is 0.369 e. The van der Waals surface area contributed by atoms with E-state index in [1.54, 1.807) is 0 Å². The highest BCUT2D eigenvalue weighted by Gasteiger charge is 2.24. The van der Waals surface area contributed by atoms with E-state index in [4.69, 9.17) is 23.2 Å². The molecule has 0 atom stereocenters. The summed E-state index contributed by atoms with van der Waals surface area (Å²) in [6, 6.07) is 5.61. The van der Waals surface area contributed by atoms with E-state index in [2.05, 4.69) is 4.90 Å². The Bertz CT molecular complexity index is 555. The van der Waals surface area contributed by atoms with E-state index in [-0.39, 0.29) is 0 Å². The number of rotatable bonds is 3. The molecule has 0 N–H and O–H groups in total. The van der Waals surface area contributed by atoms with Crippen LogP contribution in [0, 0.1) is 0 Å². The second kappa shape index (κ2) is 5.87. The number of piperazine rings is 1. The van der Waals surface area contributed by atoms with Crippen LogP contribution in [0.4, 0.5) is 5.69 Å². The lowest BCUT2D eigenvalue weighted by Gasteiger charge is -2.35. The number of hydrogen-bond donors (Lipinski definition) is 0. The van der Waals surface area contributed by atoms with Gasteiger partial charge in [-0.05, 0) is 17.7 Å². The number of hydrogen-bond acceptors (Lipinski definition) is 3. The predicted molar refractivity (Wildman–Crippen MR) is 79.6 cm³/mol. The molecule has 106 valence electrons. The summed E-state index contributed by atoms with van der Waals surface area (Å²) < 4.78 is 24.4. The zero-order valence-electron chi connectivity index (χ0n) is 10.6. The molecule has 0 aromatic heterocycles. The van der Waals surface area contributed by atoms with Crippen LogP contribution in [-0.4, -0.2) is 45.2 Å². The third-order valence-electron chi connectivity index (χ3n) is 3.24. The molecule has 1 fully saturated rings. The van der Waals surface area contributed by atoms with Gasteiger partial charge in [-0.2, -0.15) is 4.31 Å². The maximum atomic E-state index is 11.5. The van der Waals surface area contributed by atoms with Gasteiger partial charge in [-0.1, -0.05) is 17.7 Å². The lowest BCUT2D eigenvalue weighted by molar-refractivity contribution is 0.388. The Balaban J connectivity index is 2.16. The Hall–Kier alpha value is -0.490. The number of alkyl halides is 1. The first-order valence-corrected chi connectivity index (χ1v) is 8.72. The Morgan fingerprint density at radius 3 is 2.37 bits per heavy atom. The van der Waals surface area contributed by atoms with Crippen molar-refractivity contribution in [2.24, 2.45) is 0 Å². The third-order valence-corrected chi connectivity index (χ3v) is 5.07. The van der Waals surface area contributed by atoms with Gasteiger partial charge in [0.1, 0.15) is 0 Å². The van der Waals surface area contributed by atoms with Crippen molar-refractivity contribution in [3.63, 3.8) is 0 Å². The van der Waals surface area contributed by atoms with Crippen molar-refractivity contribution >= 4 is 38.9 Å². The van der Waals surface area contributed by atoms with Crippen molar-refractivity contribution in [2.75, 3.05) is 37.3 Å². The zero-order valence-corrected chi connectivity index (χ0v) is 13.0. The summed E-state index contributed by atoms with van der Waals surface area (Å²) in [5.41, 5.74) is 2.01. The van der Waals surface area contributed by atoms with Crippen LogP contribution in [0.2, 0.25) is 5.02 Å². The van der Waals surface area contributed by atoms with Gasteiger partial charge in [-0.15, -0.1) is 11.6 Å². The van der Waals surface area contributed by atoms with Crippen LogP contribution >= 0.6 is 23.2 Å². The molecule has 19 heavy (non-hydrogen) atoms. The Labute approximate surface area is 124 Å². The Morgan fingerprint density at radius 2 is 1.84 bits per heavy atom. The van der Waals surface area contributed by atoms with Crippen molar-refractivity contribution in [2.45, 2.75) is 5.88 Å². The summed E-state index contributed by atoms with van der Waals surface area (Å²) in [4.78, 5) is 2.13. The van der Waals surface area contributed by atoms with Gasteiger partial charge < -0.3 is 4.90 Å². The third kappa shape index (κ3) is 3.54. The molecule has 2 rings (SSSR count). The molecule has 1 heterocycles. The SMILES string of the molecule is CS(=O)(=O)N1CCN(c2cc(Cl)ccc2CCl)CC1. The molecule has 1 saturated heterocycles. The van der Waals surface area contributed by atoms with Crippen molar-refractivity contribution in [1.82, 2.24) is 4.31 Å². The average Bonchev–Trinajstić information content (AvgIpc) is 2.38. The number of anilines is 1. The molecule has 0 amide bonds. The van der Waals surface area contributed by atoms with E-state index in [1.165, 1.54) is 10.6 Å². The Morgan fingerprint density at radius 1 is 1.21 bits per heavy atom. The zero-order chi connectivity index (χ0) is 14.0. The normalized spacial score (nSPS) is 17.7. The van der Waals surface area contributed by atoms with E-state index in [0.717, 1.165) is 11.3 Å². The average molecular weight is 323 g/mol. The maximum absolute atomic E-state index is 11.5. The van der Waals surface area contributed by atoms with Gasteiger partial charge in [0.2, 0.25) is 10.0 Å². The van der Waals surface area contributed by atoms with Crippen molar-refractivity contribution < 1.29 is 8.42 Å². The summed E-state index contributed by atoms with van der Waals surface area (Å²) in [6.45, 7) is 2.29. The fourth-order valence-electron chi connectivity index (χ4n) is 2.21. The molecular weight excluding hydrogens is 307 g/mol. The highest BCUT2D eigenvalue weighted by atomic mass is 35.5. The molecule has 0 radical (unpaired) electrons. The molecule has 0 spiro atoms. The van der Waals surface area contributed by atoms with Crippen LogP contribution in [0.5, 0.6) is 0 Å². The predicted octanol–water partition coefficient (Wildman–Crippen LogP) is 2.16. The number of sulfonamides is 1. The van der Waals surface area contributed by atoms with Crippen LogP contribution in [0.25, 0.3) is 0 Å². The van der Waals surface area contributed by atoms with Gasteiger partial charge in [-0.25, -0.2) is 8.42 Å². The molecule has 7 heteroatoms. The highest BCUT2D eigenvalue weighted by molar-refractivity contribution is 7.88. The van der Waals surface area contributed by atoms with Crippen LogP contribution in [0.15, 0.2) is 18.2 Å². The quantitative estimate of drug-likeness (QED) is 0.801. The first-order valence-electron chi connectivity index (χ1n) is 5.96. The van der Waals surface area contributed by atoms with Crippen molar-refractivity contribution in [3.05, 3.63) is 28.8 Å². The van der Waals surface area contributed by atoms with E-state index in [9.17, 15) is 8.42 Å². The van der Waals surface area contributed by atoms with E-state index >= 15 is 0 Å². The van der Waals surface area contributed by atoms with Crippen LogP contribution in [-0.2, 0) is 15.9 Å². The molecule has 0 aliphatic carbocycles. The molecule has 0 unspecified atom stereocenters. The second-order valence-corrected chi connectivity index (χ2v) is 7.24. The molecule has 1 aromatic carbocycles. The monoisotopic (exact) mass is 322 g/mol. The van der Waals surface area contributed by atoms with Crippen molar-refractivity contribution in [3.8, 4) is 0 Å². The van der Waals surface area contributed by atoms with Gasteiger partial charge in [0.05, 0.1) is 6.26 Å². The Kier molecular flexibility index (Phi) is 4.61. The molecular formula is C12H16Cl2N2O2S. The van der Waals surface area contributed by atoms with Crippen molar-refractivity contribution in [1.29, 1.82) is 0 Å². The van der Waals surface area contributed by atoms with E-state index in [0.29, 0.717) is 37.1 Å². The fourth-order valence-corrected chi connectivity index (χ4v) is 3.42. The summed E-state index contributed by atoms with van der Waals surface area (Å²) >= 11 is 11.9. The number of halogens is 2. The number of benzene rings is 1. The van der Waals surface area contributed by atoms with Gasteiger partial charge in [0, 0.05) is 42.8 Å². The fraction of sp³-hybridized carbons (Fsp3) is 0.500. The standard InChI is InChI=1S/C12H16Cl2N2O2S/c1-19(17,18)16-6-4-15(5-7-16)12-8-11(14)3-2-10(12)9-13/h2-3,8H,4-7,9H2,1H3. The maximum Gasteiger partial charge on any atom is 0.211 e.